The Balaban J connectivity index is 1.50. The minimum absolute atomic E-state index is 0.100. The first-order chi connectivity index (χ1) is 14.3. The van der Waals surface area contributed by atoms with Gasteiger partial charge in [-0.05, 0) is 68.3 Å². The minimum atomic E-state index is -0.305. The van der Waals surface area contributed by atoms with Crippen LogP contribution in [-0.4, -0.2) is 24.0 Å². The molecule has 0 unspecified atom stereocenters. The maximum absolute atomic E-state index is 12.2. The van der Waals surface area contributed by atoms with Gasteiger partial charge in [-0.15, -0.1) is 0 Å². The van der Waals surface area contributed by atoms with Gasteiger partial charge in [0.1, 0.15) is 5.75 Å². The zero-order valence-electron chi connectivity index (χ0n) is 17.4. The van der Waals surface area contributed by atoms with E-state index in [1.807, 2.05) is 75.4 Å². The second kappa shape index (κ2) is 9.27. The lowest BCUT2D eigenvalue weighted by Crippen LogP contribution is -2.40. The normalized spacial score (nSPS) is 10.9. The summed E-state index contributed by atoms with van der Waals surface area (Å²) in [7, 11) is 0. The molecule has 0 aliphatic carbocycles. The van der Waals surface area contributed by atoms with Crippen molar-refractivity contribution in [1.82, 2.24) is 5.32 Å². The van der Waals surface area contributed by atoms with E-state index in [1.54, 1.807) is 24.3 Å². The molecule has 3 aromatic rings. The Morgan fingerprint density at radius 2 is 1.40 bits per heavy atom. The smallest absolute Gasteiger partial charge is 0.262 e. The summed E-state index contributed by atoms with van der Waals surface area (Å²) in [4.78, 5) is 24.3. The van der Waals surface area contributed by atoms with Crippen molar-refractivity contribution in [2.45, 2.75) is 26.3 Å². The summed E-state index contributed by atoms with van der Waals surface area (Å²) >= 11 is 0. The molecule has 0 saturated heterocycles. The van der Waals surface area contributed by atoms with E-state index < -0.39 is 0 Å². The molecule has 0 aliphatic heterocycles. The van der Waals surface area contributed by atoms with Gasteiger partial charge in [0.15, 0.2) is 6.61 Å². The summed E-state index contributed by atoms with van der Waals surface area (Å²) in [5.41, 5.74) is 3.05. The standard InChI is InChI=1S/C25H26N2O3/c1-25(2,3)27-24(29)20-9-13-21(14-10-20)26-23(28)17-30-22-15-11-19(12-16-22)18-7-5-4-6-8-18/h4-16H,17H2,1-3H3,(H,26,28)(H,27,29). The highest BCUT2D eigenvalue weighted by Gasteiger charge is 2.15. The highest BCUT2D eigenvalue weighted by Crippen LogP contribution is 2.22. The van der Waals surface area contributed by atoms with Crippen LogP contribution >= 0.6 is 0 Å². The second-order valence-corrected chi connectivity index (χ2v) is 8.01. The molecule has 0 radical (unpaired) electrons. The zero-order valence-corrected chi connectivity index (χ0v) is 17.4. The van der Waals surface area contributed by atoms with Crippen molar-refractivity contribution in [3.05, 3.63) is 84.4 Å². The van der Waals surface area contributed by atoms with Crippen molar-refractivity contribution in [2.24, 2.45) is 0 Å². The molecule has 0 heterocycles. The minimum Gasteiger partial charge on any atom is -0.484 e. The van der Waals surface area contributed by atoms with Crippen LogP contribution < -0.4 is 15.4 Å². The molecule has 30 heavy (non-hydrogen) atoms. The van der Waals surface area contributed by atoms with Crippen LogP contribution in [0.15, 0.2) is 78.9 Å². The Kier molecular flexibility index (Phi) is 6.52. The van der Waals surface area contributed by atoms with Crippen molar-refractivity contribution < 1.29 is 14.3 Å². The average Bonchev–Trinajstić information content (AvgIpc) is 2.72. The van der Waals surface area contributed by atoms with E-state index >= 15 is 0 Å². The van der Waals surface area contributed by atoms with Gasteiger partial charge in [0, 0.05) is 16.8 Å². The zero-order chi connectivity index (χ0) is 21.6. The number of rotatable bonds is 6. The second-order valence-electron chi connectivity index (χ2n) is 8.01. The number of benzene rings is 3. The fraction of sp³-hybridized carbons (Fsp3) is 0.200. The van der Waals surface area contributed by atoms with Gasteiger partial charge in [-0.3, -0.25) is 9.59 Å². The average molecular weight is 402 g/mol. The highest BCUT2D eigenvalue weighted by atomic mass is 16.5. The fourth-order valence-electron chi connectivity index (χ4n) is 2.84. The molecule has 3 aromatic carbocycles. The van der Waals surface area contributed by atoms with Gasteiger partial charge >= 0.3 is 0 Å². The van der Waals surface area contributed by atoms with Crippen LogP contribution in [0.4, 0.5) is 5.69 Å². The first-order valence-electron chi connectivity index (χ1n) is 9.81. The molecule has 2 amide bonds. The summed E-state index contributed by atoms with van der Waals surface area (Å²) in [6, 6.07) is 24.4. The van der Waals surface area contributed by atoms with Gasteiger partial charge in [-0.25, -0.2) is 0 Å². The lowest BCUT2D eigenvalue weighted by molar-refractivity contribution is -0.118. The molecule has 2 N–H and O–H groups in total. The first-order valence-corrected chi connectivity index (χ1v) is 9.81. The number of anilines is 1. The summed E-state index contributed by atoms with van der Waals surface area (Å²) in [5, 5.41) is 5.67. The molecule has 0 fully saturated rings. The van der Waals surface area contributed by atoms with Gasteiger partial charge in [0.25, 0.3) is 11.8 Å². The van der Waals surface area contributed by atoms with Crippen LogP contribution in [-0.2, 0) is 4.79 Å². The van der Waals surface area contributed by atoms with Gasteiger partial charge in [-0.1, -0.05) is 42.5 Å². The van der Waals surface area contributed by atoms with E-state index in [4.69, 9.17) is 4.74 Å². The third-order valence-electron chi connectivity index (χ3n) is 4.25. The molecule has 0 aromatic heterocycles. The predicted molar refractivity (Wildman–Crippen MR) is 120 cm³/mol. The monoisotopic (exact) mass is 402 g/mol. The molecule has 0 atom stereocenters. The Morgan fingerprint density at radius 3 is 2.00 bits per heavy atom. The van der Waals surface area contributed by atoms with Gasteiger partial charge in [0.05, 0.1) is 0 Å². The molecule has 5 nitrogen and oxygen atoms in total. The number of nitrogens with one attached hydrogen (secondary N) is 2. The van der Waals surface area contributed by atoms with Crippen LogP contribution in [0.1, 0.15) is 31.1 Å². The molecule has 3 rings (SSSR count). The van der Waals surface area contributed by atoms with Crippen molar-refractivity contribution >= 4 is 17.5 Å². The fourth-order valence-corrected chi connectivity index (χ4v) is 2.84. The van der Waals surface area contributed by atoms with Crippen LogP contribution in [0.5, 0.6) is 5.75 Å². The molecule has 0 saturated carbocycles. The summed E-state index contributed by atoms with van der Waals surface area (Å²) < 4.78 is 5.57. The highest BCUT2D eigenvalue weighted by molar-refractivity contribution is 5.96. The van der Waals surface area contributed by atoms with E-state index in [0.717, 1.165) is 11.1 Å². The van der Waals surface area contributed by atoms with Crippen LogP contribution in [0.3, 0.4) is 0 Å². The molecule has 0 aliphatic rings. The number of hydrogen-bond acceptors (Lipinski definition) is 3. The van der Waals surface area contributed by atoms with E-state index in [9.17, 15) is 9.59 Å². The third kappa shape index (κ3) is 6.21. The van der Waals surface area contributed by atoms with E-state index in [0.29, 0.717) is 17.0 Å². The number of ether oxygens (including phenoxy) is 1. The lowest BCUT2D eigenvalue weighted by Gasteiger charge is -2.20. The first kappa shape index (κ1) is 21.1. The summed E-state index contributed by atoms with van der Waals surface area (Å²) in [5.74, 6) is 0.204. The van der Waals surface area contributed by atoms with Crippen LogP contribution in [0.25, 0.3) is 11.1 Å². The van der Waals surface area contributed by atoms with Gasteiger partial charge in [0.2, 0.25) is 0 Å². The molecule has 154 valence electrons. The van der Waals surface area contributed by atoms with Crippen molar-refractivity contribution in [3.63, 3.8) is 0 Å². The number of hydrogen-bond donors (Lipinski definition) is 2. The Labute approximate surface area is 177 Å². The van der Waals surface area contributed by atoms with Gasteiger partial charge < -0.3 is 15.4 Å². The van der Waals surface area contributed by atoms with Crippen LogP contribution in [0.2, 0.25) is 0 Å². The summed E-state index contributed by atoms with van der Waals surface area (Å²) in [6.07, 6.45) is 0. The topological polar surface area (TPSA) is 67.4 Å². The predicted octanol–water partition coefficient (Wildman–Crippen LogP) is 4.90. The number of carbonyl (C=O) groups is 2. The van der Waals surface area contributed by atoms with Crippen molar-refractivity contribution in [1.29, 1.82) is 0 Å². The van der Waals surface area contributed by atoms with Crippen molar-refractivity contribution in [2.75, 3.05) is 11.9 Å². The molecule has 0 bridgehead atoms. The largest absolute Gasteiger partial charge is 0.484 e. The maximum atomic E-state index is 12.2. The summed E-state index contributed by atoms with van der Waals surface area (Å²) in [6.45, 7) is 5.68. The van der Waals surface area contributed by atoms with Gasteiger partial charge in [-0.2, -0.15) is 0 Å². The van der Waals surface area contributed by atoms with Crippen molar-refractivity contribution in [3.8, 4) is 16.9 Å². The van der Waals surface area contributed by atoms with E-state index in [2.05, 4.69) is 10.6 Å². The number of amides is 2. The van der Waals surface area contributed by atoms with Crippen LogP contribution in [0, 0.1) is 0 Å². The maximum Gasteiger partial charge on any atom is 0.262 e. The molecule has 5 heteroatoms. The quantitative estimate of drug-likeness (QED) is 0.616. The third-order valence-corrected chi connectivity index (χ3v) is 4.25. The molecular weight excluding hydrogens is 376 g/mol. The Bertz CT molecular complexity index is 989. The lowest BCUT2D eigenvalue weighted by atomic mass is 10.1. The SMILES string of the molecule is CC(C)(C)NC(=O)c1ccc(NC(=O)COc2ccc(-c3ccccc3)cc2)cc1. The molecular formula is C25H26N2O3. The van der Waals surface area contributed by atoms with E-state index in [1.165, 1.54) is 0 Å². The Hall–Kier alpha value is -3.60. The molecule has 0 spiro atoms. The Morgan fingerprint density at radius 1 is 0.800 bits per heavy atom. The van der Waals surface area contributed by atoms with E-state index in [-0.39, 0.29) is 24.0 Å². The number of carbonyl (C=O) groups excluding carboxylic acids is 2.